The zero-order valence-electron chi connectivity index (χ0n) is 15.1. The summed E-state index contributed by atoms with van der Waals surface area (Å²) in [5.74, 6) is 2.41. The van der Waals surface area contributed by atoms with Crippen LogP contribution >= 0.6 is 0 Å². The first-order valence-corrected chi connectivity index (χ1v) is 9.38. The summed E-state index contributed by atoms with van der Waals surface area (Å²) in [5.41, 5.74) is 3.20. The number of rotatable bonds is 0. The normalized spacial score (nSPS) is 9.81. The molecule has 2 aromatic carbocycles. The number of phenols is 2. The minimum absolute atomic E-state index is 0.246. The lowest BCUT2D eigenvalue weighted by molar-refractivity contribution is 0.480. The monoisotopic (exact) mass is 360 g/mol. The molecule has 0 aliphatic heterocycles. The van der Waals surface area contributed by atoms with Crippen LogP contribution in [0.4, 0.5) is 0 Å². The SMILES string of the molecule is Cc1ccc2cccc(O)c2n1.Cc1ccc2cccc(O)c2n1.[CH3][Al]. The molecule has 0 atom stereocenters. The van der Waals surface area contributed by atoms with Crippen LogP contribution in [0.15, 0.2) is 60.7 Å². The predicted octanol–water partition coefficient (Wildman–Crippen LogP) is 4.70. The van der Waals surface area contributed by atoms with Crippen molar-refractivity contribution in [2.75, 3.05) is 0 Å². The molecule has 0 aliphatic carbocycles. The van der Waals surface area contributed by atoms with Crippen molar-refractivity contribution in [2.24, 2.45) is 0 Å². The highest BCUT2D eigenvalue weighted by molar-refractivity contribution is 6.05. The van der Waals surface area contributed by atoms with Crippen molar-refractivity contribution in [1.29, 1.82) is 0 Å². The van der Waals surface area contributed by atoms with Gasteiger partial charge in [-0.25, -0.2) is 9.97 Å². The van der Waals surface area contributed by atoms with E-state index in [-0.39, 0.29) is 11.5 Å². The molecule has 26 heavy (non-hydrogen) atoms. The summed E-state index contributed by atoms with van der Waals surface area (Å²) in [6.07, 6.45) is 0. The molecule has 2 heterocycles. The Morgan fingerprint density at radius 2 is 1.00 bits per heavy atom. The molecule has 4 rings (SSSR count). The third-order valence-corrected chi connectivity index (χ3v) is 3.68. The molecule has 5 heteroatoms. The van der Waals surface area contributed by atoms with Crippen LogP contribution in [0, 0.1) is 13.8 Å². The van der Waals surface area contributed by atoms with Gasteiger partial charge in [-0.3, -0.25) is 0 Å². The fourth-order valence-electron chi connectivity index (χ4n) is 2.46. The maximum atomic E-state index is 9.43. The maximum Gasteiger partial charge on any atom is 0.141 e. The third-order valence-electron chi connectivity index (χ3n) is 3.68. The van der Waals surface area contributed by atoms with Crippen molar-refractivity contribution >= 4 is 38.1 Å². The highest BCUT2D eigenvalue weighted by Crippen LogP contribution is 2.22. The molecule has 2 aromatic heterocycles. The van der Waals surface area contributed by atoms with Crippen LogP contribution in [-0.4, -0.2) is 36.5 Å². The van der Waals surface area contributed by atoms with Crippen LogP contribution in [0.25, 0.3) is 21.8 Å². The van der Waals surface area contributed by atoms with E-state index in [1.807, 2.05) is 68.2 Å². The van der Waals surface area contributed by atoms with Gasteiger partial charge < -0.3 is 10.2 Å². The number of hydrogen-bond donors (Lipinski definition) is 2. The fraction of sp³-hybridized carbons (Fsp3) is 0.143. The average Bonchev–Trinajstić information content (AvgIpc) is 2.65. The van der Waals surface area contributed by atoms with Crippen molar-refractivity contribution in [3.05, 3.63) is 72.1 Å². The molecule has 0 amide bonds. The molecule has 4 nitrogen and oxygen atoms in total. The summed E-state index contributed by atoms with van der Waals surface area (Å²) in [5, 5.41) is 20.8. The maximum absolute atomic E-state index is 9.43. The standard InChI is InChI=1S/2C10H9NO.CH3.Al/c2*1-7-5-6-8-3-2-4-9(12)10(8)11-7;;/h2*2-6,12H,1H3;1H3;. The van der Waals surface area contributed by atoms with Gasteiger partial charge in [0.25, 0.3) is 0 Å². The number of pyridine rings is 2. The third kappa shape index (κ3) is 4.72. The Balaban J connectivity index is 0.000000171. The Bertz CT molecular complexity index is 936. The molecular weight excluding hydrogens is 339 g/mol. The van der Waals surface area contributed by atoms with Gasteiger partial charge in [-0.15, -0.1) is 5.79 Å². The van der Waals surface area contributed by atoms with E-state index in [1.54, 1.807) is 12.1 Å². The Morgan fingerprint density at radius 3 is 1.38 bits per heavy atom. The highest BCUT2D eigenvalue weighted by atomic mass is 27.0. The van der Waals surface area contributed by atoms with Crippen LogP contribution in [0.2, 0.25) is 5.79 Å². The summed E-state index contributed by atoms with van der Waals surface area (Å²) in [6.45, 7) is 3.82. The molecule has 0 bridgehead atoms. The molecule has 0 aliphatic rings. The van der Waals surface area contributed by atoms with Crippen molar-refractivity contribution in [3.63, 3.8) is 0 Å². The van der Waals surface area contributed by atoms with Crippen molar-refractivity contribution < 1.29 is 10.2 Å². The molecule has 0 saturated heterocycles. The van der Waals surface area contributed by atoms with Gasteiger partial charge in [0.1, 0.15) is 38.8 Å². The number of hydrogen-bond acceptors (Lipinski definition) is 4. The molecule has 4 aromatic rings. The zero-order chi connectivity index (χ0) is 19.1. The Labute approximate surface area is 161 Å². The first-order valence-electron chi connectivity index (χ1n) is 8.23. The van der Waals surface area contributed by atoms with Gasteiger partial charge in [0, 0.05) is 22.2 Å². The second kappa shape index (κ2) is 9.19. The number of aromatic nitrogens is 2. The number of benzene rings is 2. The van der Waals surface area contributed by atoms with E-state index in [0.717, 1.165) is 22.2 Å². The van der Waals surface area contributed by atoms with Crippen molar-refractivity contribution in [2.45, 2.75) is 19.6 Å². The van der Waals surface area contributed by atoms with Crippen LogP contribution in [-0.2, 0) is 0 Å². The molecule has 0 saturated carbocycles. The number of fused-ring (bicyclic) bond motifs is 2. The van der Waals surface area contributed by atoms with Gasteiger partial charge in [0.15, 0.2) is 0 Å². The lowest BCUT2D eigenvalue weighted by Crippen LogP contribution is -1.82. The van der Waals surface area contributed by atoms with Crippen LogP contribution in [0.5, 0.6) is 11.5 Å². The minimum atomic E-state index is 0.246. The minimum Gasteiger partial charge on any atom is -0.506 e. The largest absolute Gasteiger partial charge is 0.506 e. The van der Waals surface area contributed by atoms with Gasteiger partial charge >= 0.3 is 0 Å². The molecular formula is C21H21AlN2O2. The Hall–Kier alpha value is -2.61. The summed E-state index contributed by atoms with van der Waals surface area (Å²) in [6, 6.07) is 18.6. The lowest BCUT2D eigenvalue weighted by Gasteiger charge is -1.99. The molecule has 130 valence electrons. The topological polar surface area (TPSA) is 66.2 Å². The van der Waals surface area contributed by atoms with Crippen LogP contribution in [0.3, 0.4) is 0 Å². The quantitative estimate of drug-likeness (QED) is 0.446. The summed E-state index contributed by atoms with van der Waals surface area (Å²) >= 11 is 2.42. The van der Waals surface area contributed by atoms with E-state index in [4.69, 9.17) is 0 Å². The predicted molar refractivity (Wildman–Crippen MR) is 108 cm³/mol. The van der Waals surface area contributed by atoms with E-state index >= 15 is 0 Å². The van der Waals surface area contributed by atoms with Crippen molar-refractivity contribution in [1.82, 2.24) is 9.97 Å². The molecule has 2 radical (unpaired) electrons. The Kier molecular flexibility index (Phi) is 6.97. The van der Waals surface area contributed by atoms with Gasteiger partial charge in [0.2, 0.25) is 0 Å². The van der Waals surface area contributed by atoms with Gasteiger partial charge in [-0.05, 0) is 38.1 Å². The fourth-order valence-corrected chi connectivity index (χ4v) is 2.46. The zero-order valence-corrected chi connectivity index (χ0v) is 16.3. The number of aromatic hydroxyl groups is 2. The number of para-hydroxylation sites is 2. The lowest BCUT2D eigenvalue weighted by atomic mass is 10.2. The van der Waals surface area contributed by atoms with Gasteiger partial charge in [0.05, 0.1) is 0 Å². The van der Waals surface area contributed by atoms with E-state index in [0.29, 0.717) is 11.0 Å². The van der Waals surface area contributed by atoms with Gasteiger partial charge in [-0.2, -0.15) is 0 Å². The van der Waals surface area contributed by atoms with Crippen LogP contribution in [0.1, 0.15) is 11.4 Å². The van der Waals surface area contributed by atoms with E-state index in [2.05, 4.69) is 26.3 Å². The summed E-state index contributed by atoms with van der Waals surface area (Å²) in [7, 11) is 0. The smallest absolute Gasteiger partial charge is 0.141 e. The first-order chi connectivity index (χ1) is 12.5. The molecule has 0 unspecified atom stereocenters. The van der Waals surface area contributed by atoms with Crippen LogP contribution < -0.4 is 0 Å². The van der Waals surface area contributed by atoms with E-state index in [9.17, 15) is 10.2 Å². The van der Waals surface area contributed by atoms with E-state index < -0.39 is 0 Å². The first kappa shape index (κ1) is 19.7. The molecule has 0 fully saturated rings. The summed E-state index contributed by atoms with van der Waals surface area (Å²) < 4.78 is 0. The number of nitrogens with zero attached hydrogens (tertiary/aromatic N) is 2. The molecule has 2 N–H and O–H groups in total. The van der Waals surface area contributed by atoms with Gasteiger partial charge in [-0.1, -0.05) is 36.4 Å². The number of phenolic OH excluding ortho intramolecular Hbond substituents is 2. The summed E-state index contributed by atoms with van der Waals surface area (Å²) in [4.78, 5) is 8.45. The van der Waals surface area contributed by atoms with Crippen molar-refractivity contribution in [3.8, 4) is 11.5 Å². The second-order valence-corrected chi connectivity index (χ2v) is 5.60. The highest BCUT2D eigenvalue weighted by Gasteiger charge is 1.99. The molecule has 0 spiro atoms. The van der Waals surface area contributed by atoms with E-state index in [1.165, 1.54) is 0 Å². The second-order valence-electron chi connectivity index (χ2n) is 5.60. The average molecular weight is 360 g/mol. The Morgan fingerprint density at radius 1 is 0.615 bits per heavy atom. The number of aryl methyl sites for hydroxylation is 2.